The molecule has 3 aromatic heterocycles. The van der Waals surface area contributed by atoms with Crippen LogP contribution in [0.4, 0.5) is 4.39 Å². The Kier molecular flexibility index (Phi) is 4.66. The van der Waals surface area contributed by atoms with E-state index in [1.54, 1.807) is 18.5 Å². The first-order chi connectivity index (χ1) is 13.2. The van der Waals surface area contributed by atoms with Crippen molar-refractivity contribution < 1.29 is 13.9 Å². The molecule has 0 aromatic carbocycles. The average Bonchev–Trinajstić information content (AvgIpc) is 3.42. The molecule has 1 aliphatic carbocycles. The molecule has 1 saturated carbocycles. The highest BCUT2D eigenvalue weighted by atomic mass is 19.1. The van der Waals surface area contributed by atoms with E-state index in [9.17, 15) is 4.39 Å². The highest BCUT2D eigenvalue weighted by Crippen LogP contribution is 2.37. The predicted molar refractivity (Wildman–Crippen MR) is 93.6 cm³/mol. The van der Waals surface area contributed by atoms with Crippen LogP contribution >= 0.6 is 0 Å². The number of nitriles is 1. The van der Waals surface area contributed by atoms with Gasteiger partial charge in [0.1, 0.15) is 25.0 Å². The van der Waals surface area contributed by atoms with Gasteiger partial charge in [-0.05, 0) is 31.0 Å². The molecule has 4 rings (SSSR count). The van der Waals surface area contributed by atoms with Gasteiger partial charge in [-0.15, -0.1) is 0 Å². The summed E-state index contributed by atoms with van der Waals surface area (Å²) in [4.78, 5) is 8.18. The lowest BCUT2D eigenvalue weighted by atomic mass is 10.2. The zero-order chi connectivity index (χ0) is 18.6. The van der Waals surface area contributed by atoms with E-state index in [2.05, 4.69) is 15.1 Å². The van der Waals surface area contributed by atoms with Crippen LogP contribution < -0.4 is 9.47 Å². The number of aromatic nitrogens is 4. The summed E-state index contributed by atoms with van der Waals surface area (Å²) in [6, 6.07) is 8.90. The van der Waals surface area contributed by atoms with Gasteiger partial charge in [-0.25, -0.2) is 9.37 Å². The Morgan fingerprint density at radius 1 is 1.15 bits per heavy atom. The second-order valence-corrected chi connectivity index (χ2v) is 6.09. The summed E-state index contributed by atoms with van der Waals surface area (Å²) < 4.78 is 26.6. The number of hydrogen-bond donors (Lipinski definition) is 0. The lowest BCUT2D eigenvalue weighted by Gasteiger charge is -2.10. The molecule has 27 heavy (non-hydrogen) atoms. The Labute approximate surface area is 155 Å². The van der Waals surface area contributed by atoms with Crippen molar-refractivity contribution in [2.45, 2.75) is 18.9 Å². The van der Waals surface area contributed by atoms with E-state index >= 15 is 0 Å². The Morgan fingerprint density at radius 3 is 2.78 bits per heavy atom. The van der Waals surface area contributed by atoms with Crippen LogP contribution in [0.15, 0.2) is 42.9 Å². The molecule has 136 valence electrons. The zero-order valence-corrected chi connectivity index (χ0v) is 14.4. The molecule has 1 fully saturated rings. The Balaban J connectivity index is 1.35. The van der Waals surface area contributed by atoms with E-state index in [1.807, 2.05) is 22.9 Å². The van der Waals surface area contributed by atoms with Crippen LogP contribution in [-0.4, -0.2) is 33.0 Å². The van der Waals surface area contributed by atoms with Crippen LogP contribution in [0.2, 0.25) is 0 Å². The minimum absolute atomic E-state index is 0.119. The van der Waals surface area contributed by atoms with Crippen LogP contribution in [-0.2, 0) is 0 Å². The summed E-state index contributed by atoms with van der Waals surface area (Å²) in [6.07, 6.45) is 7.00. The fourth-order valence-corrected chi connectivity index (χ4v) is 2.66. The average molecular weight is 365 g/mol. The topological polar surface area (TPSA) is 85.8 Å². The highest BCUT2D eigenvalue weighted by molar-refractivity contribution is 5.56. The minimum Gasteiger partial charge on any atom is -0.490 e. The molecule has 0 radical (unpaired) electrons. The number of ether oxygens (including phenoxy) is 2. The molecule has 0 atom stereocenters. The fraction of sp³-hybridized carbons (Fsp3) is 0.263. The van der Waals surface area contributed by atoms with Gasteiger partial charge in [0.15, 0.2) is 5.82 Å². The van der Waals surface area contributed by atoms with Crippen LogP contribution in [0.5, 0.6) is 11.6 Å². The summed E-state index contributed by atoms with van der Waals surface area (Å²) in [5.41, 5.74) is 1.89. The van der Waals surface area contributed by atoms with Gasteiger partial charge in [0, 0.05) is 24.7 Å². The lowest BCUT2D eigenvalue weighted by Crippen LogP contribution is -2.11. The summed E-state index contributed by atoms with van der Waals surface area (Å²) in [5.74, 6) is -0.185. The third kappa shape index (κ3) is 3.87. The second-order valence-electron chi connectivity index (χ2n) is 6.09. The molecular weight excluding hydrogens is 349 g/mol. The third-order valence-electron chi connectivity index (χ3n) is 4.08. The number of pyridine rings is 2. The first-order valence-electron chi connectivity index (χ1n) is 8.56. The summed E-state index contributed by atoms with van der Waals surface area (Å²) in [6.45, 7) is 0.333. The molecule has 8 heteroatoms. The molecule has 0 saturated heterocycles. The summed E-state index contributed by atoms with van der Waals surface area (Å²) in [7, 11) is 0. The van der Waals surface area contributed by atoms with Crippen LogP contribution in [0, 0.1) is 17.1 Å². The molecule has 0 unspecified atom stereocenters. The van der Waals surface area contributed by atoms with E-state index < -0.39 is 5.82 Å². The van der Waals surface area contributed by atoms with E-state index in [0.29, 0.717) is 11.8 Å². The monoisotopic (exact) mass is 365 g/mol. The van der Waals surface area contributed by atoms with Crippen LogP contribution in [0.3, 0.4) is 0 Å². The summed E-state index contributed by atoms with van der Waals surface area (Å²) >= 11 is 0. The number of nitrogens with zero attached hydrogens (tertiary/aromatic N) is 5. The molecule has 0 bridgehead atoms. The Bertz CT molecular complexity index is 994. The Morgan fingerprint density at radius 2 is 2.00 bits per heavy atom. The van der Waals surface area contributed by atoms with Crippen LogP contribution in [0.1, 0.15) is 24.4 Å². The zero-order valence-electron chi connectivity index (χ0n) is 14.4. The lowest BCUT2D eigenvalue weighted by molar-refractivity contribution is 0.205. The predicted octanol–water partition coefficient (Wildman–Crippen LogP) is 3.14. The van der Waals surface area contributed by atoms with E-state index in [-0.39, 0.29) is 24.7 Å². The molecule has 3 aromatic rings. The van der Waals surface area contributed by atoms with Crippen molar-refractivity contribution in [2.75, 3.05) is 13.2 Å². The van der Waals surface area contributed by atoms with Crippen molar-refractivity contribution in [3.63, 3.8) is 0 Å². The first kappa shape index (κ1) is 17.0. The SMILES string of the molecule is N#Cc1cnc(OCCOc2ccnc(-c3ccnn3C3CC3)c2)c(F)c1. The standard InChI is InChI=1S/C19H16FN5O2/c20-16-9-13(11-21)12-23-19(16)27-8-7-26-15-3-5-22-17(10-15)18-4-6-24-25(18)14-1-2-14/h3-6,9-10,12,14H,1-2,7-8H2. The van der Waals surface area contributed by atoms with E-state index in [0.717, 1.165) is 30.3 Å². The molecule has 0 amide bonds. The van der Waals surface area contributed by atoms with Gasteiger partial charge in [0.25, 0.3) is 5.88 Å². The molecule has 0 aliphatic heterocycles. The minimum atomic E-state index is -0.673. The van der Waals surface area contributed by atoms with E-state index in [1.165, 1.54) is 6.20 Å². The van der Waals surface area contributed by atoms with E-state index in [4.69, 9.17) is 14.7 Å². The molecule has 0 N–H and O–H groups in total. The normalized spacial score (nSPS) is 13.2. The highest BCUT2D eigenvalue weighted by Gasteiger charge is 2.26. The van der Waals surface area contributed by atoms with Crippen molar-refractivity contribution in [1.29, 1.82) is 5.26 Å². The number of hydrogen-bond acceptors (Lipinski definition) is 6. The van der Waals surface area contributed by atoms with Crippen LogP contribution in [0.25, 0.3) is 11.4 Å². The van der Waals surface area contributed by atoms with Gasteiger partial charge in [-0.1, -0.05) is 0 Å². The van der Waals surface area contributed by atoms with Crippen molar-refractivity contribution in [2.24, 2.45) is 0 Å². The largest absolute Gasteiger partial charge is 0.490 e. The number of halogens is 1. The molecule has 7 nitrogen and oxygen atoms in total. The van der Waals surface area contributed by atoms with Gasteiger partial charge in [-0.3, -0.25) is 9.67 Å². The van der Waals surface area contributed by atoms with Crippen molar-refractivity contribution in [3.05, 3.63) is 54.2 Å². The van der Waals surface area contributed by atoms with Gasteiger partial charge < -0.3 is 9.47 Å². The van der Waals surface area contributed by atoms with Gasteiger partial charge in [-0.2, -0.15) is 10.4 Å². The van der Waals surface area contributed by atoms with Crippen molar-refractivity contribution in [1.82, 2.24) is 19.7 Å². The van der Waals surface area contributed by atoms with Crippen molar-refractivity contribution >= 4 is 0 Å². The molecular formula is C19H16FN5O2. The fourth-order valence-electron chi connectivity index (χ4n) is 2.66. The maximum Gasteiger partial charge on any atom is 0.250 e. The quantitative estimate of drug-likeness (QED) is 0.598. The summed E-state index contributed by atoms with van der Waals surface area (Å²) in [5, 5.41) is 13.1. The smallest absolute Gasteiger partial charge is 0.250 e. The maximum absolute atomic E-state index is 13.7. The third-order valence-corrected chi connectivity index (χ3v) is 4.08. The van der Waals surface area contributed by atoms with Gasteiger partial charge >= 0.3 is 0 Å². The molecule has 0 spiro atoms. The van der Waals surface area contributed by atoms with Gasteiger partial charge in [0.2, 0.25) is 0 Å². The van der Waals surface area contributed by atoms with Crippen molar-refractivity contribution in [3.8, 4) is 29.1 Å². The van der Waals surface area contributed by atoms with Gasteiger partial charge in [0.05, 0.1) is 23.0 Å². The molecule has 3 heterocycles. The second kappa shape index (κ2) is 7.41. The number of rotatable bonds is 7. The first-order valence-corrected chi connectivity index (χ1v) is 8.56. The maximum atomic E-state index is 13.7. The molecule has 1 aliphatic rings. The Hall–Kier alpha value is -3.47.